The molecule has 1 aromatic heterocycles. The number of thiophene rings is 1. The number of carbonyl (C=O) groups is 1. The Bertz CT molecular complexity index is 533. The molecule has 0 saturated heterocycles. The van der Waals surface area contributed by atoms with Gasteiger partial charge >= 0.3 is 0 Å². The van der Waals surface area contributed by atoms with E-state index in [1.165, 1.54) is 16.9 Å². The van der Waals surface area contributed by atoms with E-state index in [0.29, 0.717) is 0 Å². The molecule has 0 aliphatic carbocycles. The maximum absolute atomic E-state index is 11.9. The first kappa shape index (κ1) is 13.3. The fourth-order valence-corrected chi connectivity index (χ4v) is 2.83. The van der Waals surface area contributed by atoms with Crippen LogP contribution in [0.3, 0.4) is 0 Å². The number of carbonyl (C=O) groups excluding carboxylic acids is 1. The standard InChI is InChI=1S/C14H14BrNOS/c1-10-2-7-13(18-10)14(17)16-12-5-3-11(4-6-12)8-9-15/h2-7H,8-9H2,1H3,(H,16,17). The molecule has 0 radical (unpaired) electrons. The van der Waals surface area contributed by atoms with Crippen molar-refractivity contribution in [3.05, 3.63) is 51.7 Å². The van der Waals surface area contributed by atoms with Crippen molar-refractivity contribution in [3.63, 3.8) is 0 Å². The molecule has 0 atom stereocenters. The van der Waals surface area contributed by atoms with Crippen LogP contribution in [0.5, 0.6) is 0 Å². The summed E-state index contributed by atoms with van der Waals surface area (Å²) in [5, 5.41) is 3.85. The molecule has 0 aliphatic heterocycles. The lowest BCUT2D eigenvalue weighted by molar-refractivity contribution is 0.103. The minimum atomic E-state index is -0.0404. The van der Waals surface area contributed by atoms with Gasteiger partial charge in [0.2, 0.25) is 0 Å². The zero-order chi connectivity index (χ0) is 13.0. The molecule has 0 fully saturated rings. The number of hydrogen-bond donors (Lipinski definition) is 1. The van der Waals surface area contributed by atoms with E-state index >= 15 is 0 Å². The Kier molecular flexibility index (Phi) is 4.55. The first-order valence-electron chi connectivity index (χ1n) is 5.72. The predicted molar refractivity (Wildman–Crippen MR) is 80.9 cm³/mol. The van der Waals surface area contributed by atoms with E-state index in [9.17, 15) is 4.79 Å². The second-order valence-corrected chi connectivity index (χ2v) is 6.08. The highest BCUT2D eigenvalue weighted by Gasteiger charge is 2.07. The Morgan fingerprint density at radius 1 is 1.22 bits per heavy atom. The van der Waals surface area contributed by atoms with Gasteiger partial charge in [-0.05, 0) is 43.2 Å². The maximum Gasteiger partial charge on any atom is 0.265 e. The van der Waals surface area contributed by atoms with Gasteiger partial charge in [0.15, 0.2) is 0 Å². The average Bonchev–Trinajstić information content (AvgIpc) is 2.79. The van der Waals surface area contributed by atoms with Gasteiger partial charge in [-0.1, -0.05) is 28.1 Å². The third-order valence-electron chi connectivity index (χ3n) is 2.56. The van der Waals surface area contributed by atoms with Crippen LogP contribution in [0.2, 0.25) is 0 Å². The van der Waals surface area contributed by atoms with Crippen LogP contribution < -0.4 is 5.32 Å². The fourth-order valence-electron chi connectivity index (χ4n) is 1.61. The molecule has 0 unspecified atom stereocenters. The lowest BCUT2D eigenvalue weighted by atomic mass is 10.1. The highest BCUT2D eigenvalue weighted by molar-refractivity contribution is 9.09. The number of aryl methyl sites for hydroxylation is 2. The topological polar surface area (TPSA) is 29.1 Å². The summed E-state index contributed by atoms with van der Waals surface area (Å²) in [5.41, 5.74) is 2.10. The summed E-state index contributed by atoms with van der Waals surface area (Å²) in [4.78, 5) is 13.8. The van der Waals surface area contributed by atoms with Crippen molar-refractivity contribution in [1.82, 2.24) is 0 Å². The lowest BCUT2D eigenvalue weighted by Gasteiger charge is -2.04. The van der Waals surface area contributed by atoms with Crippen LogP contribution in [0, 0.1) is 6.92 Å². The monoisotopic (exact) mass is 323 g/mol. The number of halogens is 1. The summed E-state index contributed by atoms with van der Waals surface area (Å²) in [6.45, 7) is 2.00. The van der Waals surface area contributed by atoms with Crippen molar-refractivity contribution < 1.29 is 4.79 Å². The Morgan fingerprint density at radius 2 is 1.94 bits per heavy atom. The molecule has 2 nitrogen and oxygen atoms in total. The van der Waals surface area contributed by atoms with E-state index < -0.39 is 0 Å². The fraction of sp³-hybridized carbons (Fsp3) is 0.214. The van der Waals surface area contributed by atoms with Gasteiger partial charge in [0.1, 0.15) is 0 Å². The Balaban J connectivity index is 2.03. The summed E-state index contributed by atoms with van der Waals surface area (Å²) in [5.74, 6) is -0.0404. The third kappa shape index (κ3) is 3.43. The van der Waals surface area contributed by atoms with Gasteiger partial charge < -0.3 is 5.32 Å². The predicted octanol–water partition coefficient (Wildman–Crippen LogP) is 4.25. The highest BCUT2D eigenvalue weighted by atomic mass is 79.9. The number of anilines is 1. The van der Waals surface area contributed by atoms with E-state index in [1.54, 1.807) is 0 Å². The molecule has 0 aliphatic rings. The molecule has 2 aromatic rings. The van der Waals surface area contributed by atoms with Crippen molar-refractivity contribution in [3.8, 4) is 0 Å². The van der Waals surface area contributed by atoms with Gasteiger partial charge in [-0.25, -0.2) is 0 Å². The molecular weight excluding hydrogens is 310 g/mol. The molecular formula is C14H14BrNOS. The van der Waals surface area contributed by atoms with Crippen LogP contribution in [0.25, 0.3) is 0 Å². The molecule has 2 rings (SSSR count). The second kappa shape index (κ2) is 6.16. The quantitative estimate of drug-likeness (QED) is 0.837. The average molecular weight is 324 g/mol. The van der Waals surface area contributed by atoms with Gasteiger partial charge in [0, 0.05) is 15.9 Å². The molecule has 1 aromatic carbocycles. The van der Waals surface area contributed by atoms with Crippen molar-refractivity contribution in [2.45, 2.75) is 13.3 Å². The van der Waals surface area contributed by atoms with Crippen LogP contribution in [0.4, 0.5) is 5.69 Å². The number of benzene rings is 1. The van der Waals surface area contributed by atoms with Crippen LogP contribution in [0.1, 0.15) is 20.1 Å². The number of alkyl halides is 1. The van der Waals surface area contributed by atoms with Crippen LogP contribution >= 0.6 is 27.3 Å². The van der Waals surface area contributed by atoms with E-state index in [1.807, 2.05) is 43.3 Å². The molecule has 1 amide bonds. The minimum Gasteiger partial charge on any atom is -0.321 e. The van der Waals surface area contributed by atoms with E-state index in [0.717, 1.165) is 27.2 Å². The SMILES string of the molecule is Cc1ccc(C(=O)Nc2ccc(CCBr)cc2)s1. The normalized spacial score (nSPS) is 10.3. The first-order valence-corrected chi connectivity index (χ1v) is 7.65. The largest absolute Gasteiger partial charge is 0.321 e. The maximum atomic E-state index is 11.9. The van der Waals surface area contributed by atoms with Gasteiger partial charge in [-0.3, -0.25) is 4.79 Å². The van der Waals surface area contributed by atoms with Gasteiger partial charge in [-0.2, -0.15) is 0 Å². The number of nitrogens with one attached hydrogen (secondary N) is 1. The lowest BCUT2D eigenvalue weighted by Crippen LogP contribution is -2.09. The molecule has 4 heteroatoms. The van der Waals surface area contributed by atoms with Crippen LogP contribution in [-0.4, -0.2) is 11.2 Å². The number of rotatable bonds is 4. The Hall–Kier alpha value is -1.13. The van der Waals surface area contributed by atoms with E-state index in [-0.39, 0.29) is 5.91 Å². The van der Waals surface area contributed by atoms with Gasteiger partial charge in [0.05, 0.1) is 4.88 Å². The Morgan fingerprint density at radius 3 is 2.50 bits per heavy atom. The zero-order valence-corrected chi connectivity index (χ0v) is 12.5. The summed E-state index contributed by atoms with van der Waals surface area (Å²) < 4.78 is 0. The van der Waals surface area contributed by atoms with Crippen LogP contribution in [0.15, 0.2) is 36.4 Å². The Labute approximate surface area is 119 Å². The first-order chi connectivity index (χ1) is 8.69. The third-order valence-corrected chi connectivity index (χ3v) is 3.96. The second-order valence-electron chi connectivity index (χ2n) is 4.00. The molecule has 1 heterocycles. The molecule has 1 N–H and O–H groups in total. The van der Waals surface area contributed by atoms with Crippen molar-refractivity contribution in [1.29, 1.82) is 0 Å². The number of hydrogen-bond acceptors (Lipinski definition) is 2. The van der Waals surface area contributed by atoms with Crippen molar-refractivity contribution >= 4 is 38.9 Å². The van der Waals surface area contributed by atoms with Crippen molar-refractivity contribution in [2.24, 2.45) is 0 Å². The van der Waals surface area contributed by atoms with E-state index in [4.69, 9.17) is 0 Å². The number of amides is 1. The smallest absolute Gasteiger partial charge is 0.265 e. The van der Waals surface area contributed by atoms with Gasteiger partial charge in [-0.15, -0.1) is 11.3 Å². The zero-order valence-electron chi connectivity index (χ0n) is 10.1. The molecule has 0 spiro atoms. The molecule has 94 valence electrons. The highest BCUT2D eigenvalue weighted by Crippen LogP contribution is 2.17. The van der Waals surface area contributed by atoms with E-state index in [2.05, 4.69) is 21.2 Å². The summed E-state index contributed by atoms with van der Waals surface area (Å²) in [6.07, 6.45) is 0.998. The molecule has 0 bridgehead atoms. The van der Waals surface area contributed by atoms with Crippen LogP contribution in [-0.2, 0) is 6.42 Å². The molecule has 0 saturated carbocycles. The summed E-state index contributed by atoms with van der Waals surface area (Å²) in [7, 11) is 0. The minimum absolute atomic E-state index is 0.0404. The molecule has 18 heavy (non-hydrogen) atoms. The van der Waals surface area contributed by atoms with Crippen molar-refractivity contribution in [2.75, 3.05) is 10.6 Å². The summed E-state index contributed by atoms with van der Waals surface area (Å²) in [6, 6.07) is 11.8. The summed E-state index contributed by atoms with van der Waals surface area (Å²) >= 11 is 4.92. The van der Waals surface area contributed by atoms with Gasteiger partial charge in [0.25, 0.3) is 5.91 Å².